The van der Waals surface area contributed by atoms with Gasteiger partial charge in [-0.15, -0.1) is 0 Å². The summed E-state index contributed by atoms with van der Waals surface area (Å²) in [5, 5.41) is 18.8. The van der Waals surface area contributed by atoms with Crippen molar-refractivity contribution in [1.82, 2.24) is 14.8 Å². The molecule has 2 N–H and O–H groups in total. The molecule has 8 heteroatoms. The van der Waals surface area contributed by atoms with E-state index >= 15 is 0 Å². The number of nitrogens with one attached hydrogen (secondary N) is 1. The Hall–Kier alpha value is -1.57. The van der Waals surface area contributed by atoms with Gasteiger partial charge in [0.15, 0.2) is 0 Å². The third-order valence-electron chi connectivity index (χ3n) is 2.84. The van der Waals surface area contributed by atoms with Crippen molar-refractivity contribution in [2.75, 3.05) is 5.32 Å². The Kier molecular flexibility index (Phi) is 4.11. The lowest BCUT2D eigenvalue weighted by Crippen LogP contribution is -2.37. The summed E-state index contributed by atoms with van der Waals surface area (Å²) in [7, 11) is 0. The number of carboxylic acids is 1. The predicted octanol–water partition coefficient (Wildman–Crippen LogP) is 1.01. The molecule has 1 rings (SSSR count). The predicted molar refractivity (Wildman–Crippen MR) is 61.5 cm³/mol. The quantitative estimate of drug-likeness (QED) is 0.816. The summed E-state index contributed by atoms with van der Waals surface area (Å²) >= 11 is 0.942. The van der Waals surface area contributed by atoms with Gasteiger partial charge >= 0.3 is 5.97 Å². The Balaban J connectivity index is 2.69. The molecule has 0 fully saturated rings. The van der Waals surface area contributed by atoms with E-state index in [4.69, 9.17) is 5.11 Å². The fraction of sp³-hybridized carbons (Fsp3) is 0.667. The minimum atomic E-state index is -1.10. The lowest BCUT2D eigenvalue weighted by Gasteiger charge is -2.27. The molecular weight excluding hydrogens is 244 g/mol. The average molecular weight is 258 g/mol. The summed E-state index contributed by atoms with van der Waals surface area (Å²) in [5.41, 5.74) is -1.10. The van der Waals surface area contributed by atoms with E-state index in [1.165, 1.54) is 0 Å². The zero-order valence-corrected chi connectivity index (χ0v) is 10.6. The van der Waals surface area contributed by atoms with E-state index in [2.05, 4.69) is 20.1 Å². The van der Waals surface area contributed by atoms with Crippen LogP contribution in [0.25, 0.3) is 0 Å². The zero-order valence-electron chi connectivity index (χ0n) is 9.80. The summed E-state index contributed by atoms with van der Waals surface area (Å²) in [6, 6.07) is 0. The van der Waals surface area contributed by atoms with Crippen molar-refractivity contribution in [3.05, 3.63) is 0 Å². The molecule has 1 amide bonds. The summed E-state index contributed by atoms with van der Waals surface area (Å²) < 4.78 is 3.49. The first-order valence-electron chi connectivity index (χ1n) is 5.04. The lowest BCUT2D eigenvalue weighted by atomic mass is 9.76. The molecule has 1 atom stereocenters. The van der Waals surface area contributed by atoms with Crippen LogP contribution in [-0.2, 0) is 9.59 Å². The van der Waals surface area contributed by atoms with E-state index in [0.717, 1.165) is 11.5 Å². The first-order chi connectivity index (χ1) is 7.86. The maximum atomic E-state index is 11.7. The van der Waals surface area contributed by atoms with Gasteiger partial charge in [0.25, 0.3) is 0 Å². The molecule has 17 heavy (non-hydrogen) atoms. The zero-order chi connectivity index (χ0) is 13.1. The molecule has 7 nitrogen and oxygen atoms in total. The van der Waals surface area contributed by atoms with Crippen LogP contribution in [0.15, 0.2) is 0 Å². The molecule has 1 unspecified atom stereocenters. The number of aromatic nitrogens is 3. The molecule has 0 saturated heterocycles. The second-order valence-electron chi connectivity index (χ2n) is 4.27. The SMILES string of the molecule is CC(C)C(C)(CC(=O)Nc1nnns1)C(=O)O. The van der Waals surface area contributed by atoms with E-state index < -0.39 is 17.3 Å². The van der Waals surface area contributed by atoms with Gasteiger partial charge < -0.3 is 5.11 Å². The Labute approximate surface area is 102 Å². The topological polar surface area (TPSA) is 105 Å². The number of carbonyl (C=O) groups is 2. The average Bonchev–Trinajstić information content (AvgIpc) is 2.69. The third kappa shape index (κ3) is 3.19. The normalized spacial score (nSPS) is 14.4. The molecule has 0 saturated carbocycles. The number of carbonyl (C=O) groups excluding carboxylic acids is 1. The molecular formula is C9H14N4O3S. The minimum Gasteiger partial charge on any atom is -0.481 e. The molecule has 1 aromatic rings. The molecule has 1 aromatic heterocycles. The Morgan fingerprint density at radius 1 is 1.53 bits per heavy atom. The fourth-order valence-electron chi connectivity index (χ4n) is 1.21. The van der Waals surface area contributed by atoms with Crippen LogP contribution in [0, 0.1) is 11.3 Å². The van der Waals surface area contributed by atoms with Crippen LogP contribution < -0.4 is 5.32 Å². The Bertz CT molecular complexity index is 406. The Morgan fingerprint density at radius 2 is 2.18 bits per heavy atom. The highest BCUT2D eigenvalue weighted by Crippen LogP contribution is 2.31. The van der Waals surface area contributed by atoms with Gasteiger partial charge in [-0.2, -0.15) is 0 Å². The fourth-order valence-corrected chi connectivity index (χ4v) is 1.59. The molecule has 0 bridgehead atoms. The number of nitrogens with zero attached hydrogens (tertiary/aromatic N) is 3. The van der Waals surface area contributed by atoms with Gasteiger partial charge in [0.05, 0.1) is 5.41 Å². The number of aliphatic carboxylic acids is 1. The van der Waals surface area contributed by atoms with Crippen molar-refractivity contribution >= 4 is 28.5 Å². The summed E-state index contributed by atoms with van der Waals surface area (Å²) in [6.45, 7) is 5.10. The van der Waals surface area contributed by atoms with Crippen LogP contribution in [0.1, 0.15) is 27.2 Å². The van der Waals surface area contributed by atoms with Crippen LogP contribution in [-0.4, -0.2) is 31.8 Å². The van der Waals surface area contributed by atoms with Crippen molar-refractivity contribution < 1.29 is 14.7 Å². The van der Waals surface area contributed by atoms with E-state index in [1.807, 2.05) is 0 Å². The molecule has 0 aliphatic carbocycles. The van der Waals surface area contributed by atoms with Gasteiger partial charge in [0.2, 0.25) is 11.0 Å². The minimum absolute atomic E-state index is 0.112. The Morgan fingerprint density at radius 3 is 2.59 bits per heavy atom. The van der Waals surface area contributed by atoms with E-state index in [1.54, 1.807) is 20.8 Å². The van der Waals surface area contributed by atoms with Gasteiger partial charge in [0.1, 0.15) is 0 Å². The first kappa shape index (κ1) is 13.5. The monoisotopic (exact) mass is 258 g/mol. The largest absolute Gasteiger partial charge is 0.481 e. The first-order valence-corrected chi connectivity index (χ1v) is 5.82. The summed E-state index contributed by atoms with van der Waals surface area (Å²) in [6.07, 6.45) is -0.112. The van der Waals surface area contributed by atoms with E-state index in [0.29, 0.717) is 0 Å². The number of hydrogen-bond acceptors (Lipinski definition) is 6. The number of carboxylic acid groups (broad SMARTS) is 1. The number of amides is 1. The third-order valence-corrected chi connectivity index (χ3v) is 3.35. The maximum Gasteiger partial charge on any atom is 0.310 e. The van der Waals surface area contributed by atoms with Crippen molar-refractivity contribution in [1.29, 1.82) is 0 Å². The molecule has 0 spiro atoms. The van der Waals surface area contributed by atoms with Gasteiger partial charge in [0, 0.05) is 18.0 Å². The smallest absolute Gasteiger partial charge is 0.310 e. The van der Waals surface area contributed by atoms with Crippen molar-refractivity contribution in [2.24, 2.45) is 11.3 Å². The van der Waals surface area contributed by atoms with Crippen LogP contribution in [0.5, 0.6) is 0 Å². The molecule has 94 valence electrons. The molecule has 0 radical (unpaired) electrons. The maximum absolute atomic E-state index is 11.7. The molecule has 1 heterocycles. The standard InChI is InChI=1S/C9H14N4O3S/c1-5(2)9(3,7(15)16)4-6(14)10-8-11-12-13-17-8/h5H,4H2,1-3H3,(H,15,16)(H,10,11,13,14). The molecule has 0 aromatic carbocycles. The summed E-state index contributed by atoms with van der Waals surface area (Å²) in [4.78, 5) is 22.9. The van der Waals surface area contributed by atoms with Crippen LogP contribution in [0.2, 0.25) is 0 Å². The molecule has 0 aliphatic heterocycles. The van der Waals surface area contributed by atoms with Gasteiger partial charge in [-0.05, 0) is 18.1 Å². The van der Waals surface area contributed by atoms with Gasteiger partial charge in [-0.3, -0.25) is 14.9 Å². The van der Waals surface area contributed by atoms with E-state index in [9.17, 15) is 9.59 Å². The van der Waals surface area contributed by atoms with Gasteiger partial charge in [-0.25, -0.2) is 0 Å². The van der Waals surface area contributed by atoms with Crippen molar-refractivity contribution in [3.63, 3.8) is 0 Å². The highest BCUT2D eigenvalue weighted by atomic mass is 32.1. The van der Waals surface area contributed by atoms with Crippen LogP contribution >= 0.6 is 11.5 Å². The lowest BCUT2D eigenvalue weighted by molar-refractivity contribution is -0.153. The van der Waals surface area contributed by atoms with Gasteiger partial charge in [-0.1, -0.05) is 23.4 Å². The number of anilines is 1. The van der Waals surface area contributed by atoms with Crippen LogP contribution in [0.3, 0.4) is 0 Å². The highest BCUT2D eigenvalue weighted by molar-refractivity contribution is 7.09. The molecule has 0 aliphatic rings. The summed E-state index contributed by atoms with van der Waals surface area (Å²) in [5.74, 6) is -1.54. The highest BCUT2D eigenvalue weighted by Gasteiger charge is 2.38. The van der Waals surface area contributed by atoms with E-state index in [-0.39, 0.29) is 17.5 Å². The number of rotatable bonds is 5. The second kappa shape index (κ2) is 5.17. The van der Waals surface area contributed by atoms with Crippen molar-refractivity contribution in [3.8, 4) is 0 Å². The van der Waals surface area contributed by atoms with Crippen LogP contribution in [0.4, 0.5) is 5.13 Å². The number of hydrogen-bond donors (Lipinski definition) is 2. The van der Waals surface area contributed by atoms with Crippen molar-refractivity contribution in [2.45, 2.75) is 27.2 Å². The second-order valence-corrected chi connectivity index (χ2v) is 5.00.